The molecular formula is C90H56Al2N16O8P2. The number of hydrogen-bond acceptors (Lipinski definition) is 19. The van der Waals surface area contributed by atoms with Crippen molar-refractivity contribution >= 4 is 160 Å². The predicted octanol–water partition coefficient (Wildman–Crippen LogP) is 16.5. The monoisotopic (exact) mass is 1600 g/mol. The molecule has 22 rings (SSSR count). The highest BCUT2D eigenvalue weighted by atomic mass is 31.2. The van der Waals surface area contributed by atoms with E-state index in [9.17, 15) is 5.41 Å². The second kappa shape index (κ2) is 28.9. The lowest BCUT2D eigenvalue weighted by Gasteiger charge is -2.30. The number of nitrogens with zero attached hydrogens (tertiary/aromatic N) is 15. The molecule has 0 fully saturated rings. The highest BCUT2D eigenvalue weighted by molar-refractivity contribution is 7.50. The minimum atomic E-state index is -4.81. The van der Waals surface area contributed by atoms with Crippen LogP contribution in [-0.2, 0) is 25.3 Å². The zero-order chi connectivity index (χ0) is 78.6. The van der Waals surface area contributed by atoms with E-state index in [1.165, 1.54) is 0 Å². The maximum Gasteiger partial charge on any atom is 0.819 e. The molecule has 28 heteroatoms. The third-order valence-electron chi connectivity index (χ3n) is 20.9. The van der Waals surface area contributed by atoms with Crippen LogP contribution in [0.1, 0.15) is 79.6 Å². The fourth-order valence-corrected chi connectivity index (χ4v) is 24.9. The average Bonchev–Trinajstić information content (AvgIpc) is 1.56. The van der Waals surface area contributed by atoms with E-state index in [-0.39, 0.29) is 43.4 Å². The molecule has 11 aromatic carbocycles. The zero-order valence-electron chi connectivity index (χ0n) is 62.0. The van der Waals surface area contributed by atoms with E-state index >= 15 is 9.13 Å². The molecule has 8 aliphatic rings. The number of nitrogens with one attached hydrogen (secondary N) is 1. The van der Waals surface area contributed by atoms with E-state index in [1.54, 1.807) is 58.6 Å². The normalized spacial score (nSPS) is 16.3. The summed E-state index contributed by atoms with van der Waals surface area (Å²) >= 11 is -7.71. The lowest BCUT2D eigenvalue weighted by Crippen LogP contribution is -2.51. The Morgan fingerprint density at radius 3 is 1.24 bits per heavy atom. The first-order valence-corrected chi connectivity index (χ1v) is 43.9. The molecule has 2 atom stereocenters. The van der Waals surface area contributed by atoms with Crippen LogP contribution >= 0.6 is 15.6 Å². The number of fused-ring (bicyclic) bond motifs is 25. The highest BCUT2D eigenvalue weighted by Crippen LogP contribution is 2.55. The van der Waals surface area contributed by atoms with Gasteiger partial charge in [0.15, 0.2) is 40.8 Å². The molecule has 2 unspecified atom stereocenters. The molecule has 11 heterocycles. The number of hydrogen-bond donors (Lipinski definition) is 1. The summed E-state index contributed by atoms with van der Waals surface area (Å²) in [5.74, 6) is 18.3. The van der Waals surface area contributed by atoms with Crippen molar-refractivity contribution in [1.29, 1.82) is 5.41 Å². The van der Waals surface area contributed by atoms with E-state index in [0.717, 1.165) is 66.1 Å². The molecule has 14 aromatic rings. The summed E-state index contributed by atoms with van der Waals surface area (Å²) in [4.78, 5) is 58.0. The SMILES string of the molecule is N=C1c2ccccc2C2=NC3=N/C(=N\c4c5ccccc5c(/N=C5\N=Cc6ccccc65)[n]4[Al]([O]P(=O)(OCCC#Cc4ccc(C#CCCOP(=O)(Oc5ccccc5)[O][Al]5[n]6c7c8ccccc8c6N=C6N=C(N=c8c9ccccc9c([n]85)=NC5=NC(=N7)c7ccccc75)c5ccccc56)cc4)Oc4ccccc4)[N]12)c1ccccc13. The summed E-state index contributed by atoms with van der Waals surface area (Å²) in [6.45, 7) is -0.392. The Morgan fingerprint density at radius 1 is 0.364 bits per heavy atom. The third kappa shape index (κ3) is 12.4. The number of rotatable bonds is 15. The lowest BCUT2D eigenvalue weighted by molar-refractivity contribution is 0.209. The molecule has 0 saturated carbocycles. The Bertz CT molecular complexity index is 7270. The molecule has 560 valence electrons. The summed E-state index contributed by atoms with van der Waals surface area (Å²) in [7, 11) is -9.58. The molecule has 3 aromatic heterocycles. The van der Waals surface area contributed by atoms with Gasteiger partial charge in [-0.2, -0.15) is 0 Å². The van der Waals surface area contributed by atoms with Crippen LogP contribution < -0.4 is 20.0 Å². The Balaban J connectivity index is 0.567. The fourth-order valence-electron chi connectivity index (χ4n) is 15.6. The van der Waals surface area contributed by atoms with Gasteiger partial charge in [0.2, 0.25) is 0 Å². The van der Waals surface area contributed by atoms with Gasteiger partial charge in [0.05, 0.1) is 13.2 Å². The molecule has 0 amide bonds. The Morgan fingerprint density at radius 2 is 0.746 bits per heavy atom. The van der Waals surface area contributed by atoms with Crippen molar-refractivity contribution < 1.29 is 34.4 Å². The van der Waals surface area contributed by atoms with Crippen LogP contribution in [0.5, 0.6) is 11.5 Å². The summed E-state index contributed by atoms with van der Waals surface area (Å²) in [5, 5.41) is 14.4. The van der Waals surface area contributed by atoms with Crippen LogP contribution in [-0.4, -0.2) is 116 Å². The molecule has 118 heavy (non-hydrogen) atoms. The molecule has 8 bridgehead atoms. The van der Waals surface area contributed by atoms with Gasteiger partial charge in [-0.05, 0) is 48.5 Å². The summed E-state index contributed by atoms with van der Waals surface area (Å²) in [6.07, 6.45) is 1.96. The van der Waals surface area contributed by atoms with Gasteiger partial charge in [-0.1, -0.05) is 254 Å². The number of para-hydroxylation sites is 2. The maximum atomic E-state index is 16.3. The smallest absolute Gasteiger partial charge is 0.406 e. The number of benzene rings is 11. The van der Waals surface area contributed by atoms with Crippen molar-refractivity contribution in [3.63, 3.8) is 0 Å². The number of phosphoric acid groups is 2. The first-order chi connectivity index (χ1) is 58.1. The average molecular weight is 1610 g/mol. The van der Waals surface area contributed by atoms with Crippen LogP contribution in [0.2, 0.25) is 0 Å². The van der Waals surface area contributed by atoms with Crippen molar-refractivity contribution in [2.24, 2.45) is 54.9 Å². The summed E-state index contributed by atoms with van der Waals surface area (Å²) in [6, 6.07) is 87.1. The van der Waals surface area contributed by atoms with Crippen molar-refractivity contribution in [3.8, 4) is 35.2 Å². The summed E-state index contributed by atoms with van der Waals surface area (Å²) < 4.78 is 80.6. The van der Waals surface area contributed by atoms with Crippen molar-refractivity contribution in [3.05, 3.63) is 357 Å². The van der Waals surface area contributed by atoms with Crippen molar-refractivity contribution in [2.75, 3.05) is 13.2 Å². The van der Waals surface area contributed by atoms with E-state index in [2.05, 4.69) is 23.7 Å². The largest absolute Gasteiger partial charge is 0.819 e. The van der Waals surface area contributed by atoms with Gasteiger partial charge < -0.3 is 30.7 Å². The van der Waals surface area contributed by atoms with Gasteiger partial charge in [-0.15, -0.1) is 0 Å². The molecule has 0 saturated heterocycles. The minimum absolute atomic E-state index is 0.0334. The number of amidine groups is 9. The fraction of sp³-hybridized carbons (Fsp3) is 0.0444. The van der Waals surface area contributed by atoms with Gasteiger partial charge in [0.1, 0.15) is 57.4 Å². The van der Waals surface area contributed by atoms with Gasteiger partial charge in [0.25, 0.3) is 0 Å². The Hall–Kier alpha value is -13.8. The zero-order valence-corrected chi connectivity index (χ0v) is 66.1. The highest BCUT2D eigenvalue weighted by Gasteiger charge is 2.55. The van der Waals surface area contributed by atoms with Crippen molar-refractivity contribution in [1.82, 2.24) is 14.5 Å². The van der Waals surface area contributed by atoms with Crippen LogP contribution in [0, 0.1) is 29.1 Å². The van der Waals surface area contributed by atoms with Gasteiger partial charge >= 0.3 is 45.5 Å². The van der Waals surface area contributed by atoms with Crippen LogP contribution in [0.15, 0.2) is 334 Å². The summed E-state index contributed by atoms with van der Waals surface area (Å²) in [5.41, 5.74) is 9.77. The van der Waals surface area contributed by atoms with Crippen LogP contribution in [0.3, 0.4) is 0 Å². The number of aliphatic imine (C=N–C) groups is 9. The quantitative estimate of drug-likeness (QED) is 0.0442. The first kappa shape index (κ1) is 70.8. The van der Waals surface area contributed by atoms with Crippen LogP contribution in [0.25, 0.3) is 32.3 Å². The maximum absolute atomic E-state index is 16.3. The van der Waals surface area contributed by atoms with E-state index in [0.29, 0.717) is 114 Å². The first-order valence-electron chi connectivity index (χ1n) is 38.0. The molecule has 0 spiro atoms. The van der Waals surface area contributed by atoms with Gasteiger partial charge in [-0.25, -0.2) is 64.0 Å². The molecule has 1 N–H and O–H groups in total. The van der Waals surface area contributed by atoms with Gasteiger partial charge in [-0.3, -0.25) is 14.5 Å². The molecule has 0 radical (unpaired) electrons. The van der Waals surface area contributed by atoms with E-state index in [4.69, 9.17) is 80.2 Å². The topological polar surface area (TPSA) is 267 Å². The molecule has 0 aliphatic carbocycles. The predicted molar refractivity (Wildman–Crippen MR) is 458 cm³/mol. The van der Waals surface area contributed by atoms with E-state index in [1.807, 2.05) is 241 Å². The molecule has 8 aliphatic heterocycles. The molecule has 24 nitrogen and oxygen atoms in total. The van der Waals surface area contributed by atoms with Crippen LogP contribution in [0.4, 0.5) is 23.3 Å². The second-order valence-corrected chi connectivity index (χ2v) is 35.8. The van der Waals surface area contributed by atoms with Gasteiger partial charge in [0, 0.05) is 118 Å². The second-order valence-electron chi connectivity index (χ2n) is 28.1. The minimum Gasteiger partial charge on any atom is -0.406 e. The number of phosphoric ester groups is 2. The third-order valence-corrected chi connectivity index (χ3v) is 30.1. The van der Waals surface area contributed by atoms with E-state index < -0.39 is 45.5 Å². The Kier molecular flexibility index (Phi) is 17.3. The molecular weight excluding hydrogens is 1550 g/mol. The lowest BCUT2D eigenvalue weighted by atomic mass is 10.1. The van der Waals surface area contributed by atoms with Crippen molar-refractivity contribution in [2.45, 2.75) is 12.8 Å². The Labute approximate surface area is 682 Å². The number of aromatic nitrogens is 3. The standard InChI is InChI=1S/C32H16N8.C32H18N8.C26H24O8P2.2Al/c1-2-10-18-17(9-1)25-33-26(18)38-28-21-13-5-6-14-22(21)30(35-28)40-32-24-16-8-7-15-23(24)31(36-32)39-29-20-12-4-3-11-19(20)27(34-29)37-25;33-26-20-11-3-4-12-21(20)28(35-26)37-30-24-15-7-8-16-25(24)32(39-30)40-31-23-14-6-5-13-22(23)29(38-31)36-27-19-10-2-1-9-18(19)17-34-27;27-35(28,33-25-13-3-1-4-14-25)31-21-9-7-11-23-17-19-24(20-18-23)12-8-10-22-32-36(29,30)34-26-15-5-2-6-16-26;;/h1-16H;1-17H,(H-,33,35,37,39,40);1-6,13-20H,9-10,21-22H2,(H,27,28)(H,29,30);;/q2*-2;;2*+3/p-2/b;36-27-;;;.